The van der Waals surface area contributed by atoms with Crippen molar-refractivity contribution in [3.63, 3.8) is 0 Å². The molecule has 1 aromatic carbocycles. The minimum Gasteiger partial charge on any atom is -0.385 e. The van der Waals surface area contributed by atoms with Crippen LogP contribution in [0.3, 0.4) is 0 Å². The van der Waals surface area contributed by atoms with Crippen LogP contribution in [0.5, 0.6) is 0 Å². The van der Waals surface area contributed by atoms with Crippen LogP contribution in [0.25, 0.3) is 0 Å². The van der Waals surface area contributed by atoms with Gasteiger partial charge in [0.05, 0.1) is 0 Å². The number of hydrogen-bond acceptors (Lipinski definition) is 2. The molecular formula is C16H26BrNO. The summed E-state index contributed by atoms with van der Waals surface area (Å²) in [5.41, 5.74) is 2.73. The standard InChI is InChI=1S/C16H26BrNO/c1-5-10-18-16(12(2)9-11-19-4)14-7-6-8-15(17)13(14)3/h6-8,12,16,18H,5,9-11H2,1-4H3. The minimum atomic E-state index is 0.396. The summed E-state index contributed by atoms with van der Waals surface area (Å²) in [4.78, 5) is 0. The Hall–Kier alpha value is -0.380. The molecule has 2 unspecified atom stereocenters. The quantitative estimate of drug-likeness (QED) is 0.760. The first-order chi connectivity index (χ1) is 9.11. The second kappa shape index (κ2) is 8.72. The Balaban J connectivity index is 2.91. The highest BCUT2D eigenvalue weighted by molar-refractivity contribution is 9.10. The van der Waals surface area contributed by atoms with Crippen LogP contribution in [0, 0.1) is 12.8 Å². The summed E-state index contributed by atoms with van der Waals surface area (Å²) in [7, 11) is 1.77. The first-order valence-electron chi connectivity index (χ1n) is 7.09. The van der Waals surface area contributed by atoms with Gasteiger partial charge in [-0.2, -0.15) is 0 Å². The number of ether oxygens (including phenoxy) is 1. The van der Waals surface area contributed by atoms with Gasteiger partial charge in [-0.15, -0.1) is 0 Å². The predicted octanol–water partition coefficient (Wildman–Crippen LogP) is 4.47. The molecule has 0 amide bonds. The van der Waals surface area contributed by atoms with Crippen molar-refractivity contribution in [2.24, 2.45) is 5.92 Å². The summed E-state index contributed by atoms with van der Waals surface area (Å²) < 4.78 is 6.41. The van der Waals surface area contributed by atoms with Crippen LogP contribution in [0.4, 0.5) is 0 Å². The number of nitrogens with one attached hydrogen (secondary N) is 1. The van der Waals surface area contributed by atoms with E-state index in [-0.39, 0.29) is 0 Å². The molecule has 1 rings (SSSR count). The van der Waals surface area contributed by atoms with Crippen molar-refractivity contribution in [3.8, 4) is 0 Å². The van der Waals surface area contributed by atoms with Gasteiger partial charge in [0.15, 0.2) is 0 Å². The van der Waals surface area contributed by atoms with E-state index >= 15 is 0 Å². The van der Waals surface area contributed by atoms with Crippen molar-refractivity contribution in [1.82, 2.24) is 5.32 Å². The lowest BCUT2D eigenvalue weighted by molar-refractivity contribution is 0.170. The van der Waals surface area contributed by atoms with Crippen molar-refractivity contribution >= 4 is 15.9 Å². The van der Waals surface area contributed by atoms with Gasteiger partial charge in [0.25, 0.3) is 0 Å². The Kier molecular flexibility index (Phi) is 7.66. The molecule has 2 nitrogen and oxygen atoms in total. The minimum absolute atomic E-state index is 0.396. The molecule has 0 saturated carbocycles. The lowest BCUT2D eigenvalue weighted by atomic mass is 9.89. The van der Waals surface area contributed by atoms with Crippen molar-refractivity contribution in [2.75, 3.05) is 20.3 Å². The van der Waals surface area contributed by atoms with Crippen LogP contribution in [-0.2, 0) is 4.74 Å². The van der Waals surface area contributed by atoms with Crippen LogP contribution >= 0.6 is 15.9 Å². The molecule has 108 valence electrons. The van der Waals surface area contributed by atoms with E-state index < -0.39 is 0 Å². The first kappa shape index (κ1) is 16.7. The van der Waals surface area contributed by atoms with Crippen LogP contribution in [0.15, 0.2) is 22.7 Å². The number of methoxy groups -OCH3 is 1. The van der Waals surface area contributed by atoms with E-state index in [2.05, 4.69) is 60.2 Å². The van der Waals surface area contributed by atoms with Crippen molar-refractivity contribution in [3.05, 3.63) is 33.8 Å². The molecule has 0 radical (unpaired) electrons. The molecule has 3 heteroatoms. The van der Waals surface area contributed by atoms with Crippen molar-refractivity contribution in [1.29, 1.82) is 0 Å². The van der Waals surface area contributed by atoms with Crippen LogP contribution in [-0.4, -0.2) is 20.3 Å². The number of hydrogen-bond donors (Lipinski definition) is 1. The lowest BCUT2D eigenvalue weighted by Gasteiger charge is -2.27. The molecule has 2 atom stereocenters. The highest BCUT2D eigenvalue weighted by Gasteiger charge is 2.20. The second-order valence-corrected chi connectivity index (χ2v) is 6.00. The summed E-state index contributed by atoms with van der Waals surface area (Å²) in [5, 5.41) is 3.69. The molecular weight excluding hydrogens is 302 g/mol. The fourth-order valence-electron chi connectivity index (χ4n) is 2.35. The first-order valence-corrected chi connectivity index (χ1v) is 7.88. The monoisotopic (exact) mass is 327 g/mol. The van der Waals surface area contributed by atoms with Crippen LogP contribution < -0.4 is 5.32 Å². The zero-order valence-electron chi connectivity index (χ0n) is 12.5. The Labute approximate surface area is 126 Å². The molecule has 0 aromatic heterocycles. The Morgan fingerprint density at radius 1 is 1.37 bits per heavy atom. The summed E-state index contributed by atoms with van der Waals surface area (Å²) in [6.07, 6.45) is 2.23. The number of halogens is 1. The van der Waals surface area contributed by atoms with Gasteiger partial charge in [0.2, 0.25) is 0 Å². The van der Waals surface area contributed by atoms with E-state index in [1.165, 1.54) is 15.6 Å². The highest BCUT2D eigenvalue weighted by Crippen LogP contribution is 2.30. The Bertz CT molecular complexity index is 381. The SMILES string of the molecule is CCCNC(c1cccc(Br)c1C)C(C)CCOC. The van der Waals surface area contributed by atoms with Crippen LogP contribution in [0.2, 0.25) is 0 Å². The molecule has 0 bridgehead atoms. The number of rotatable bonds is 8. The molecule has 0 fully saturated rings. The predicted molar refractivity (Wildman–Crippen MR) is 85.6 cm³/mol. The third-order valence-corrected chi connectivity index (χ3v) is 4.46. The molecule has 19 heavy (non-hydrogen) atoms. The largest absolute Gasteiger partial charge is 0.385 e. The zero-order valence-corrected chi connectivity index (χ0v) is 14.1. The molecule has 0 aliphatic heterocycles. The van der Waals surface area contributed by atoms with E-state index in [1.54, 1.807) is 7.11 Å². The highest BCUT2D eigenvalue weighted by atomic mass is 79.9. The third-order valence-electron chi connectivity index (χ3n) is 3.61. The topological polar surface area (TPSA) is 21.3 Å². The summed E-state index contributed by atoms with van der Waals surface area (Å²) >= 11 is 3.63. The summed E-state index contributed by atoms with van der Waals surface area (Å²) in [6.45, 7) is 8.56. The second-order valence-electron chi connectivity index (χ2n) is 5.14. The van der Waals surface area contributed by atoms with Gasteiger partial charge >= 0.3 is 0 Å². The Morgan fingerprint density at radius 3 is 2.74 bits per heavy atom. The van der Waals surface area contributed by atoms with Gasteiger partial charge in [0.1, 0.15) is 0 Å². The fraction of sp³-hybridized carbons (Fsp3) is 0.625. The summed E-state index contributed by atoms with van der Waals surface area (Å²) in [5.74, 6) is 0.555. The summed E-state index contributed by atoms with van der Waals surface area (Å²) in [6, 6.07) is 6.86. The van der Waals surface area contributed by atoms with Crippen molar-refractivity contribution < 1.29 is 4.74 Å². The maximum absolute atomic E-state index is 5.22. The average Bonchev–Trinajstić information content (AvgIpc) is 2.41. The van der Waals surface area contributed by atoms with Gasteiger partial charge < -0.3 is 10.1 Å². The van der Waals surface area contributed by atoms with Gasteiger partial charge in [-0.25, -0.2) is 0 Å². The van der Waals surface area contributed by atoms with E-state index in [9.17, 15) is 0 Å². The molecule has 0 heterocycles. The number of benzene rings is 1. The van der Waals surface area contributed by atoms with Gasteiger partial charge in [-0.05, 0) is 49.4 Å². The van der Waals surface area contributed by atoms with E-state index in [1.807, 2.05) is 0 Å². The van der Waals surface area contributed by atoms with E-state index in [4.69, 9.17) is 4.74 Å². The van der Waals surface area contributed by atoms with Gasteiger partial charge in [-0.3, -0.25) is 0 Å². The van der Waals surface area contributed by atoms with Gasteiger partial charge in [0, 0.05) is 24.2 Å². The molecule has 1 aromatic rings. The Morgan fingerprint density at radius 2 is 2.11 bits per heavy atom. The molecule has 1 N–H and O–H groups in total. The molecule has 0 saturated heterocycles. The average molecular weight is 328 g/mol. The fourth-order valence-corrected chi connectivity index (χ4v) is 2.73. The molecule has 0 aliphatic carbocycles. The third kappa shape index (κ3) is 4.90. The smallest absolute Gasteiger partial charge is 0.0465 e. The van der Waals surface area contributed by atoms with Crippen LogP contribution in [0.1, 0.15) is 43.9 Å². The maximum Gasteiger partial charge on any atom is 0.0465 e. The van der Waals surface area contributed by atoms with Crippen molar-refractivity contribution in [2.45, 2.75) is 39.7 Å². The van der Waals surface area contributed by atoms with E-state index in [0.717, 1.165) is 26.0 Å². The van der Waals surface area contributed by atoms with Gasteiger partial charge in [-0.1, -0.05) is 41.9 Å². The zero-order chi connectivity index (χ0) is 14.3. The normalized spacial score (nSPS) is 14.4. The molecule has 0 aliphatic rings. The maximum atomic E-state index is 5.22. The lowest BCUT2D eigenvalue weighted by Crippen LogP contribution is -2.29. The van der Waals surface area contributed by atoms with E-state index in [0.29, 0.717) is 12.0 Å². The molecule has 0 spiro atoms.